The Morgan fingerprint density at radius 1 is 1.33 bits per heavy atom. The van der Waals surface area contributed by atoms with Crippen LogP contribution in [-0.2, 0) is 0 Å². The number of hydrogen-bond acceptors (Lipinski definition) is 2. The van der Waals surface area contributed by atoms with Gasteiger partial charge in [-0.3, -0.25) is 9.89 Å². The summed E-state index contributed by atoms with van der Waals surface area (Å²) in [6, 6.07) is 9.33. The van der Waals surface area contributed by atoms with Crippen LogP contribution in [0.25, 0.3) is 0 Å². The molecule has 0 amide bonds. The van der Waals surface area contributed by atoms with E-state index in [1.165, 1.54) is 31.2 Å². The minimum Gasteiger partial charge on any atom is -0.357 e. The number of piperidine rings is 1. The number of benzene rings is 1. The monoisotopic (exact) mass is 348 g/mol. The smallest absolute Gasteiger partial charge is 0.191 e. The second-order valence-corrected chi connectivity index (χ2v) is 7.46. The van der Waals surface area contributed by atoms with Gasteiger partial charge < -0.3 is 10.6 Å². The van der Waals surface area contributed by atoms with Gasteiger partial charge in [-0.05, 0) is 69.8 Å². The number of halogens is 1. The summed E-state index contributed by atoms with van der Waals surface area (Å²) in [6.45, 7) is 5.01. The number of nitrogens with zero attached hydrogens (tertiary/aromatic N) is 2. The third kappa shape index (κ3) is 4.64. The van der Waals surface area contributed by atoms with Crippen LogP contribution in [0, 0.1) is 5.92 Å². The van der Waals surface area contributed by atoms with Crippen molar-refractivity contribution in [3.63, 3.8) is 0 Å². The molecule has 132 valence electrons. The average molecular weight is 349 g/mol. The van der Waals surface area contributed by atoms with Crippen LogP contribution in [-0.4, -0.2) is 43.6 Å². The van der Waals surface area contributed by atoms with Crippen LogP contribution in [0.3, 0.4) is 0 Å². The van der Waals surface area contributed by atoms with Gasteiger partial charge in [0.15, 0.2) is 5.96 Å². The lowest BCUT2D eigenvalue weighted by Gasteiger charge is -2.39. The van der Waals surface area contributed by atoms with Crippen molar-refractivity contribution in [2.24, 2.45) is 10.9 Å². The van der Waals surface area contributed by atoms with Crippen molar-refractivity contribution >= 4 is 17.6 Å². The van der Waals surface area contributed by atoms with Crippen molar-refractivity contribution in [3.05, 3.63) is 34.9 Å². The Bertz CT molecular complexity index is 570. The van der Waals surface area contributed by atoms with Gasteiger partial charge in [-0.25, -0.2) is 0 Å². The van der Waals surface area contributed by atoms with Crippen molar-refractivity contribution in [1.29, 1.82) is 0 Å². The molecule has 1 saturated heterocycles. The summed E-state index contributed by atoms with van der Waals surface area (Å²) in [6.07, 6.45) is 4.98. The Hall–Kier alpha value is -1.26. The van der Waals surface area contributed by atoms with Gasteiger partial charge in [0, 0.05) is 30.2 Å². The standard InChI is InChI=1S/C19H29ClN4/c1-3-21-19(23-17-9-10-17)22-13-15-7-5-11-24(2)18(15)14-6-4-8-16(20)12-14/h4,6,8,12,15,17-18H,3,5,7,9-11,13H2,1-2H3,(H2,21,22,23). The predicted molar refractivity (Wildman–Crippen MR) is 102 cm³/mol. The summed E-state index contributed by atoms with van der Waals surface area (Å²) in [5, 5.41) is 7.70. The molecule has 1 saturated carbocycles. The van der Waals surface area contributed by atoms with E-state index < -0.39 is 0 Å². The van der Waals surface area contributed by atoms with E-state index in [0.717, 1.165) is 30.6 Å². The Morgan fingerprint density at radius 3 is 2.88 bits per heavy atom. The summed E-state index contributed by atoms with van der Waals surface area (Å²) in [5.41, 5.74) is 1.31. The van der Waals surface area contributed by atoms with Gasteiger partial charge in [0.2, 0.25) is 0 Å². The molecule has 24 heavy (non-hydrogen) atoms. The topological polar surface area (TPSA) is 39.7 Å². The van der Waals surface area contributed by atoms with E-state index in [9.17, 15) is 0 Å². The molecule has 1 aliphatic carbocycles. The van der Waals surface area contributed by atoms with E-state index in [0.29, 0.717) is 18.0 Å². The maximum absolute atomic E-state index is 6.23. The molecule has 2 atom stereocenters. The van der Waals surface area contributed by atoms with E-state index in [2.05, 4.69) is 47.7 Å². The Morgan fingerprint density at radius 2 is 2.17 bits per heavy atom. The van der Waals surface area contributed by atoms with Crippen LogP contribution in [0.2, 0.25) is 5.02 Å². The normalized spacial score (nSPS) is 25.5. The first-order valence-corrected chi connectivity index (χ1v) is 9.55. The van der Waals surface area contributed by atoms with Crippen LogP contribution in [0.15, 0.2) is 29.3 Å². The number of rotatable bonds is 5. The highest BCUT2D eigenvalue weighted by atomic mass is 35.5. The molecule has 1 aliphatic heterocycles. The molecule has 3 rings (SSSR count). The molecule has 0 aromatic heterocycles. The van der Waals surface area contributed by atoms with Gasteiger partial charge in [-0.15, -0.1) is 0 Å². The van der Waals surface area contributed by atoms with Gasteiger partial charge in [-0.2, -0.15) is 0 Å². The SMILES string of the molecule is CCNC(=NCC1CCCN(C)C1c1cccc(Cl)c1)NC1CC1. The van der Waals surface area contributed by atoms with E-state index in [-0.39, 0.29) is 0 Å². The molecule has 1 aromatic rings. The van der Waals surface area contributed by atoms with Crippen molar-refractivity contribution in [2.45, 2.75) is 44.7 Å². The molecule has 5 heteroatoms. The van der Waals surface area contributed by atoms with Gasteiger partial charge in [0.1, 0.15) is 0 Å². The molecule has 1 aromatic carbocycles. The number of aliphatic imine (C=N–C) groups is 1. The highest BCUT2D eigenvalue weighted by Gasteiger charge is 2.30. The first-order valence-electron chi connectivity index (χ1n) is 9.18. The van der Waals surface area contributed by atoms with Gasteiger partial charge in [0.05, 0.1) is 0 Å². The molecule has 2 aliphatic rings. The molecule has 1 heterocycles. The fraction of sp³-hybridized carbons (Fsp3) is 0.632. The third-order valence-corrected chi connectivity index (χ3v) is 5.18. The summed E-state index contributed by atoms with van der Waals surface area (Å²) >= 11 is 6.23. The lowest BCUT2D eigenvalue weighted by molar-refractivity contribution is 0.125. The zero-order valence-corrected chi connectivity index (χ0v) is 15.5. The number of guanidine groups is 1. The number of hydrogen-bond donors (Lipinski definition) is 2. The maximum atomic E-state index is 6.23. The minimum absolute atomic E-state index is 0.394. The van der Waals surface area contributed by atoms with Gasteiger partial charge in [0.25, 0.3) is 0 Å². The molecule has 0 radical (unpaired) electrons. The molecule has 0 spiro atoms. The molecule has 2 N–H and O–H groups in total. The first kappa shape index (κ1) is 17.6. The Kier molecular flexibility index (Phi) is 6.01. The molecule has 2 unspecified atom stereocenters. The highest BCUT2D eigenvalue weighted by molar-refractivity contribution is 6.30. The van der Waals surface area contributed by atoms with E-state index in [4.69, 9.17) is 16.6 Å². The van der Waals surface area contributed by atoms with Crippen LogP contribution >= 0.6 is 11.6 Å². The van der Waals surface area contributed by atoms with Crippen LogP contribution < -0.4 is 10.6 Å². The van der Waals surface area contributed by atoms with Crippen LogP contribution in [0.4, 0.5) is 0 Å². The Labute approximate surface area is 150 Å². The number of nitrogens with one attached hydrogen (secondary N) is 2. The second-order valence-electron chi connectivity index (χ2n) is 7.02. The summed E-state index contributed by atoms with van der Waals surface area (Å²) in [4.78, 5) is 7.34. The molecule has 0 bridgehead atoms. The minimum atomic E-state index is 0.394. The highest BCUT2D eigenvalue weighted by Crippen LogP contribution is 2.36. The summed E-state index contributed by atoms with van der Waals surface area (Å²) < 4.78 is 0. The first-order chi connectivity index (χ1) is 11.7. The lowest BCUT2D eigenvalue weighted by Crippen LogP contribution is -2.40. The average Bonchev–Trinajstić information content (AvgIpc) is 3.37. The van der Waals surface area contributed by atoms with E-state index in [1.54, 1.807) is 0 Å². The fourth-order valence-corrected chi connectivity index (χ4v) is 3.82. The van der Waals surface area contributed by atoms with E-state index >= 15 is 0 Å². The summed E-state index contributed by atoms with van der Waals surface area (Å²) in [5.74, 6) is 1.50. The molecule has 4 nitrogen and oxygen atoms in total. The second kappa shape index (κ2) is 8.21. The van der Waals surface area contributed by atoms with Gasteiger partial charge >= 0.3 is 0 Å². The summed E-state index contributed by atoms with van der Waals surface area (Å²) in [7, 11) is 2.22. The van der Waals surface area contributed by atoms with Crippen molar-refractivity contribution in [1.82, 2.24) is 15.5 Å². The predicted octanol–water partition coefficient (Wildman–Crippen LogP) is 3.44. The molecular weight excluding hydrogens is 320 g/mol. The fourth-order valence-electron chi connectivity index (χ4n) is 3.62. The quantitative estimate of drug-likeness (QED) is 0.632. The number of likely N-dealkylation sites (tertiary alicyclic amines) is 1. The maximum Gasteiger partial charge on any atom is 0.191 e. The largest absolute Gasteiger partial charge is 0.357 e. The zero-order chi connectivity index (χ0) is 16.9. The van der Waals surface area contributed by atoms with Crippen molar-refractivity contribution < 1.29 is 0 Å². The Balaban J connectivity index is 1.73. The zero-order valence-electron chi connectivity index (χ0n) is 14.8. The van der Waals surface area contributed by atoms with Crippen LogP contribution in [0.1, 0.15) is 44.2 Å². The van der Waals surface area contributed by atoms with Crippen molar-refractivity contribution in [3.8, 4) is 0 Å². The molecular formula is C19H29ClN4. The van der Waals surface area contributed by atoms with E-state index in [1.807, 2.05) is 6.07 Å². The third-order valence-electron chi connectivity index (χ3n) is 4.94. The molecule has 2 fully saturated rings. The lowest BCUT2D eigenvalue weighted by atomic mass is 9.85. The van der Waals surface area contributed by atoms with Crippen LogP contribution in [0.5, 0.6) is 0 Å². The van der Waals surface area contributed by atoms with Gasteiger partial charge in [-0.1, -0.05) is 23.7 Å². The van der Waals surface area contributed by atoms with Crippen molar-refractivity contribution in [2.75, 3.05) is 26.7 Å².